The number of hydrogen-bond acceptors (Lipinski definition) is 5. The van der Waals surface area contributed by atoms with E-state index in [1.807, 2.05) is 18.2 Å². The molecule has 0 saturated carbocycles. The molecular weight excluding hydrogens is 288 g/mol. The molecule has 0 bridgehead atoms. The van der Waals surface area contributed by atoms with E-state index in [9.17, 15) is 9.59 Å². The van der Waals surface area contributed by atoms with Crippen LogP contribution in [0, 0.1) is 0 Å². The molecule has 0 unspecified atom stereocenters. The smallest absolute Gasteiger partial charge is 0.322 e. The van der Waals surface area contributed by atoms with Crippen LogP contribution >= 0.6 is 11.3 Å². The van der Waals surface area contributed by atoms with Gasteiger partial charge in [0.15, 0.2) is 5.13 Å². The Bertz CT molecular complexity index is 700. The molecule has 3 amide bonds. The fourth-order valence-corrected chi connectivity index (χ4v) is 3.97. The Morgan fingerprint density at radius 2 is 1.95 bits per heavy atom. The molecular formula is C14H14N4O2S. The summed E-state index contributed by atoms with van der Waals surface area (Å²) in [5.74, 6) is -0.198. The number of fused-ring (bicyclic) bond motifs is 1. The molecule has 2 aliphatic rings. The zero-order valence-electron chi connectivity index (χ0n) is 11.3. The lowest BCUT2D eigenvalue weighted by molar-refractivity contribution is -0.124. The summed E-state index contributed by atoms with van der Waals surface area (Å²) in [7, 11) is 0. The second kappa shape index (κ2) is 4.42. The first-order valence-corrected chi connectivity index (χ1v) is 7.72. The number of nitrogens with one attached hydrogen (secondary N) is 2. The van der Waals surface area contributed by atoms with E-state index >= 15 is 0 Å². The van der Waals surface area contributed by atoms with Crippen LogP contribution in [-0.2, 0) is 4.79 Å². The Morgan fingerprint density at radius 1 is 1.19 bits per heavy atom. The number of para-hydroxylation sites is 1. The Kier molecular flexibility index (Phi) is 2.65. The Hall–Kier alpha value is -2.15. The predicted molar refractivity (Wildman–Crippen MR) is 80.5 cm³/mol. The zero-order valence-corrected chi connectivity index (χ0v) is 12.1. The van der Waals surface area contributed by atoms with Gasteiger partial charge in [0.1, 0.15) is 5.54 Å². The summed E-state index contributed by atoms with van der Waals surface area (Å²) in [6.07, 6.45) is 1.22. The summed E-state index contributed by atoms with van der Waals surface area (Å²) in [5, 5.41) is 6.09. The molecule has 3 heterocycles. The van der Waals surface area contributed by atoms with Crippen molar-refractivity contribution in [1.82, 2.24) is 15.6 Å². The van der Waals surface area contributed by atoms with E-state index in [1.54, 1.807) is 11.3 Å². The van der Waals surface area contributed by atoms with Crippen LogP contribution in [0.3, 0.4) is 0 Å². The first-order chi connectivity index (χ1) is 10.2. The lowest BCUT2D eigenvalue weighted by Crippen LogP contribution is -2.54. The highest BCUT2D eigenvalue weighted by atomic mass is 32.1. The average Bonchev–Trinajstić information content (AvgIpc) is 3.02. The molecule has 0 atom stereocenters. The van der Waals surface area contributed by atoms with Crippen LogP contribution in [0.25, 0.3) is 10.2 Å². The monoisotopic (exact) mass is 302 g/mol. The molecule has 2 fully saturated rings. The highest BCUT2D eigenvalue weighted by Crippen LogP contribution is 2.33. The maximum Gasteiger partial charge on any atom is 0.322 e. The molecule has 7 heteroatoms. The van der Waals surface area contributed by atoms with E-state index in [2.05, 4.69) is 26.6 Å². The first kappa shape index (κ1) is 12.6. The fraction of sp³-hybridized carbons (Fsp3) is 0.357. The third kappa shape index (κ3) is 1.96. The minimum atomic E-state index is -0.718. The standard InChI is InChI=1S/C14H14N4O2S/c19-11-14(17-12(20)16-11)5-7-18(8-6-14)13-15-9-3-1-2-4-10(9)21-13/h1-4H,5-8H2,(H2,16,17,19,20). The van der Waals surface area contributed by atoms with Gasteiger partial charge in [-0.25, -0.2) is 9.78 Å². The van der Waals surface area contributed by atoms with Crippen molar-refractivity contribution in [3.8, 4) is 0 Å². The molecule has 0 radical (unpaired) electrons. The second-order valence-electron chi connectivity index (χ2n) is 5.44. The number of carbonyl (C=O) groups excluding carboxylic acids is 2. The number of rotatable bonds is 1. The quantitative estimate of drug-likeness (QED) is 0.782. The Morgan fingerprint density at radius 3 is 2.62 bits per heavy atom. The van der Waals surface area contributed by atoms with Crippen LogP contribution < -0.4 is 15.5 Å². The van der Waals surface area contributed by atoms with Crippen molar-refractivity contribution >= 4 is 38.6 Å². The second-order valence-corrected chi connectivity index (χ2v) is 6.45. The van der Waals surface area contributed by atoms with Gasteiger partial charge in [-0.1, -0.05) is 23.5 Å². The molecule has 1 spiro atoms. The van der Waals surface area contributed by atoms with E-state index in [0.29, 0.717) is 25.9 Å². The number of amides is 3. The van der Waals surface area contributed by atoms with Crippen molar-refractivity contribution in [3.05, 3.63) is 24.3 Å². The van der Waals surface area contributed by atoms with Crippen molar-refractivity contribution in [2.75, 3.05) is 18.0 Å². The molecule has 2 aromatic rings. The average molecular weight is 302 g/mol. The van der Waals surface area contributed by atoms with Gasteiger partial charge in [0.25, 0.3) is 5.91 Å². The Labute approximate surface area is 125 Å². The van der Waals surface area contributed by atoms with Gasteiger partial charge < -0.3 is 10.2 Å². The minimum absolute atomic E-state index is 0.198. The van der Waals surface area contributed by atoms with Crippen LogP contribution in [-0.4, -0.2) is 35.6 Å². The Balaban J connectivity index is 1.55. The minimum Gasteiger partial charge on any atom is -0.348 e. The SMILES string of the molecule is O=C1NC(=O)C2(CCN(c3nc4ccccc4s3)CC2)N1. The van der Waals surface area contributed by atoms with Crippen LogP contribution in [0.1, 0.15) is 12.8 Å². The number of aromatic nitrogens is 1. The van der Waals surface area contributed by atoms with E-state index < -0.39 is 5.54 Å². The van der Waals surface area contributed by atoms with Crippen molar-refractivity contribution < 1.29 is 9.59 Å². The van der Waals surface area contributed by atoms with E-state index in [-0.39, 0.29) is 11.9 Å². The largest absolute Gasteiger partial charge is 0.348 e. The summed E-state index contributed by atoms with van der Waals surface area (Å²) < 4.78 is 1.17. The molecule has 2 saturated heterocycles. The number of benzene rings is 1. The van der Waals surface area contributed by atoms with Gasteiger partial charge in [0, 0.05) is 13.1 Å². The molecule has 2 N–H and O–H groups in total. The highest BCUT2D eigenvalue weighted by Gasteiger charge is 2.48. The number of nitrogens with zero attached hydrogens (tertiary/aromatic N) is 2. The molecule has 6 nitrogen and oxygen atoms in total. The van der Waals surface area contributed by atoms with Crippen LogP contribution in [0.5, 0.6) is 0 Å². The number of thiazole rings is 1. The third-order valence-corrected chi connectivity index (χ3v) is 5.28. The number of piperidine rings is 1. The molecule has 1 aromatic carbocycles. The molecule has 2 aliphatic heterocycles. The van der Waals surface area contributed by atoms with Crippen molar-refractivity contribution in [2.24, 2.45) is 0 Å². The van der Waals surface area contributed by atoms with E-state index in [4.69, 9.17) is 0 Å². The lowest BCUT2D eigenvalue weighted by Gasteiger charge is -2.36. The summed E-state index contributed by atoms with van der Waals surface area (Å²) in [6.45, 7) is 1.43. The maximum atomic E-state index is 11.9. The van der Waals surface area contributed by atoms with Gasteiger partial charge in [-0.15, -0.1) is 0 Å². The number of urea groups is 1. The normalized spacial score (nSPS) is 20.9. The maximum absolute atomic E-state index is 11.9. The van der Waals surface area contributed by atoms with E-state index in [0.717, 1.165) is 10.6 Å². The van der Waals surface area contributed by atoms with Crippen molar-refractivity contribution in [3.63, 3.8) is 0 Å². The number of imide groups is 1. The molecule has 0 aliphatic carbocycles. The van der Waals surface area contributed by atoms with Gasteiger partial charge in [-0.05, 0) is 25.0 Å². The van der Waals surface area contributed by atoms with Crippen molar-refractivity contribution in [1.29, 1.82) is 0 Å². The van der Waals surface area contributed by atoms with Gasteiger partial charge in [-0.2, -0.15) is 0 Å². The molecule has 4 rings (SSSR count). The summed E-state index contributed by atoms with van der Waals surface area (Å²) in [4.78, 5) is 30.1. The lowest BCUT2D eigenvalue weighted by atomic mass is 9.88. The predicted octanol–water partition coefficient (Wildman–Crippen LogP) is 1.47. The first-order valence-electron chi connectivity index (χ1n) is 6.90. The van der Waals surface area contributed by atoms with Gasteiger partial charge in [0.05, 0.1) is 10.2 Å². The topological polar surface area (TPSA) is 74.3 Å². The van der Waals surface area contributed by atoms with Crippen LogP contribution in [0.15, 0.2) is 24.3 Å². The third-order valence-electron chi connectivity index (χ3n) is 4.18. The van der Waals surface area contributed by atoms with Crippen LogP contribution in [0.4, 0.5) is 9.93 Å². The molecule has 21 heavy (non-hydrogen) atoms. The van der Waals surface area contributed by atoms with Gasteiger partial charge in [0.2, 0.25) is 0 Å². The van der Waals surface area contributed by atoms with Gasteiger partial charge in [-0.3, -0.25) is 10.1 Å². The van der Waals surface area contributed by atoms with Crippen LogP contribution in [0.2, 0.25) is 0 Å². The summed E-state index contributed by atoms with van der Waals surface area (Å²) >= 11 is 1.66. The molecule has 108 valence electrons. The number of carbonyl (C=O) groups is 2. The highest BCUT2D eigenvalue weighted by molar-refractivity contribution is 7.22. The molecule has 1 aromatic heterocycles. The van der Waals surface area contributed by atoms with E-state index in [1.165, 1.54) is 4.70 Å². The fourth-order valence-electron chi connectivity index (χ4n) is 2.96. The number of anilines is 1. The summed E-state index contributed by atoms with van der Waals surface area (Å²) in [6, 6.07) is 7.68. The summed E-state index contributed by atoms with van der Waals surface area (Å²) in [5.41, 5.74) is 0.286. The zero-order chi connectivity index (χ0) is 14.4. The van der Waals surface area contributed by atoms with Crippen molar-refractivity contribution in [2.45, 2.75) is 18.4 Å². The number of hydrogen-bond donors (Lipinski definition) is 2. The van der Waals surface area contributed by atoms with Gasteiger partial charge >= 0.3 is 6.03 Å².